The van der Waals surface area contributed by atoms with Crippen LogP contribution in [-0.4, -0.2) is 88.2 Å². The molecule has 1 aliphatic heterocycles. The highest BCUT2D eigenvalue weighted by molar-refractivity contribution is 5.84. The molecule has 1 aromatic rings. The van der Waals surface area contributed by atoms with Crippen molar-refractivity contribution in [2.75, 3.05) is 66.6 Å². The maximum absolute atomic E-state index is 13.7. The van der Waals surface area contributed by atoms with Crippen molar-refractivity contribution in [1.29, 1.82) is 0 Å². The van der Waals surface area contributed by atoms with Gasteiger partial charge in [-0.2, -0.15) is 0 Å². The normalized spacial score (nSPS) is 15.3. The molecular weight excluding hydrogens is 361 g/mol. The van der Waals surface area contributed by atoms with Crippen LogP contribution in [0.15, 0.2) is 29.3 Å². The van der Waals surface area contributed by atoms with Gasteiger partial charge >= 0.3 is 0 Å². The van der Waals surface area contributed by atoms with Crippen LogP contribution >= 0.6 is 0 Å². The van der Waals surface area contributed by atoms with Crippen molar-refractivity contribution in [3.05, 3.63) is 35.6 Å². The number of ether oxygens (including phenoxy) is 1. The van der Waals surface area contributed by atoms with Crippen molar-refractivity contribution >= 4 is 11.9 Å². The van der Waals surface area contributed by atoms with Gasteiger partial charge in [0.1, 0.15) is 12.4 Å². The van der Waals surface area contributed by atoms with Crippen molar-refractivity contribution in [2.45, 2.75) is 12.8 Å². The van der Waals surface area contributed by atoms with Crippen molar-refractivity contribution in [3.63, 3.8) is 0 Å². The number of carbonyl (C=O) groups excluding carboxylic acids is 1. The highest BCUT2D eigenvalue weighted by atomic mass is 19.1. The van der Waals surface area contributed by atoms with E-state index in [1.165, 1.54) is 11.0 Å². The van der Waals surface area contributed by atoms with Gasteiger partial charge in [0.2, 0.25) is 5.91 Å². The predicted octanol–water partition coefficient (Wildman–Crippen LogP) is 0.714. The van der Waals surface area contributed by atoms with Gasteiger partial charge in [-0.1, -0.05) is 18.2 Å². The van der Waals surface area contributed by atoms with Crippen LogP contribution in [0.3, 0.4) is 0 Å². The molecule has 0 bridgehead atoms. The summed E-state index contributed by atoms with van der Waals surface area (Å²) < 4.78 is 19.1. The second-order valence-electron chi connectivity index (χ2n) is 6.96. The molecule has 0 atom stereocenters. The van der Waals surface area contributed by atoms with Crippen molar-refractivity contribution in [3.8, 4) is 0 Å². The molecule has 1 aliphatic rings. The summed E-state index contributed by atoms with van der Waals surface area (Å²) in [7, 11) is 3.41. The van der Waals surface area contributed by atoms with Crippen molar-refractivity contribution in [1.82, 2.24) is 20.4 Å². The van der Waals surface area contributed by atoms with E-state index >= 15 is 0 Å². The quantitative estimate of drug-likeness (QED) is 0.368. The van der Waals surface area contributed by atoms with Crippen LogP contribution in [0.4, 0.5) is 4.39 Å². The molecule has 2 rings (SSSR count). The van der Waals surface area contributed by atoms with E-state index in [-0.39, 0.29) is 18.3 Å². The van der Waals surface area contributed by atoms with E-state index in [1.54, 1.807) is 26.2 Å². The van der Waals surface area contributed by atoms with E-state index in [9.17, 15) is 9.18 Å². The first-order valence-electron chi connectivity index (χ1n) is 9.82. The van der Waals surface area contributed by atoms with E-state index < -0.39 is 0 Å². The first-order chi connectivity index (χ1) is 13.6. The number of nitrogens with zero attached hydrogens (tertiary/aromatic N) is 3. The Morgan fingerprint density at radius 3 is 2.64 bits per heavy atom. The number of nitrogens with one attached hydrogen (secondary N) is 2. The van der Waals surface area contributed by atoms with E-state index in [2.05, 4.69) is 20.5 Å². The molecule has 0 radical (unpaired) electrons. The Morgan fingerprint density at radius 2 is 1.93 bits per heavy atom. The van der Waals surface area contributed by atoms with Gasteiger partial charge in [-0.05, 0) is 31.0 Å². The van der Waals surface area contributed by atoms with E-state index in [0.717, 1.165) is 45.8 Å². The second kappa shape index (κ2) is 12.3. The number of aliphatic imine (C=N–C) groups is 1. The fourth-order valence-corrected chi connectivity index (χ4v) is 2.81. The zero-order chi connectivity index (χ0) is 20.2. The van der Waals surface area contributed by atoms with Gasteiger partial charge in [0.15, 0.2) is 5.96 Å². The Balaban J connectivity index is 1.79. The lowest BCUT2D eigenvalue weighted by atomic mass is 10.1. The number of hydrogen-bond donors (Lipinski definition) is 2. The minimum atomic E-state index is -0.205. The fraction of sp³-hybridized carbons (Fsp3) is 0.600. The molecule has 7 nitrogen and oxygen atoms in total. The summed E-state index contributed by atoms with van der Waals surface area (Å²) in [6.45, 7) is 5.89. The summed E-state index contributed by atoms with van der Waals surface area (Å²) in [6, 6.07) is 6.75. The topological polar surface area (TPSA) is 69.2 Å². The summed E-state index contributed by atoms with van der Waals surface area (Å²) in [4.78, 5) is 20.1. The first kappa shape index (κ1) is 22.1. The lowest BCUT2D eigenvalue weighted by Gasteiger charge is -2.26. The monoisotopic (exact) mass is 393 g/mol. The standard InChI is InChI=1S/C20H32FN5O2/c1-25(2)19(27)16-24-20(22-9-5-11-26-12-14-28-15-13-26)23-10-8-17-6-3-4-7-18(17)21/h3-4,6-7H,5,8-16H2,1-2H3,(H2,22,23,24). The van der Waals surface area contributed by atoms with Crippen LogP contribution in [-0.2, 0) is 16.0 Å². The number of halogens is 1. The molecule has 1 amide bonds. The Labute approximate surface area is 166 Å². The third kappa shape index (κ3) is 8.22. The smallest absolute Gasteiger partial charge is 0.243 e. The molecule has 8 heteroatoms. The number of rotatable bonds is 9. The third-order valence-electron chi connectivity index (χ3n) is 4.56. The number of carbonyl (C=O) groups is 1. The summed E-state index contributed by atoms with van der Waals surface area (Å²) in [5.74, 6) is 0.307. The number of hydrogen-bond acceptors (Lipinski definition) is 4. The molecule has 0 unspecified atom stereocenters. The van der Waals surface area contributed by atoms with Gasteiger partial charge in [0, 0.05) is 40.3 Å². The van der Waals surface area contributed by atoms with Crippen molar-refractivity contribution < 1.29 is 13.9 Å². The summed E-state index contributed by atoms with van der Waals surface area (Å²) in [6.07, 6.45) is 1.51. The van der Waals surface area contributed by atoms with Gasteiger partial charge in [0.25, 0.3) is 0 Å². The molecule has 0 spiro atoms. The Kier molecular flexibility index (Phi) is 9.71. The highest BCUT2D eigenvalue weighted by Crippen LogP contribution is 2.06. The summed E-state index contributed by atoms with van der Waals surface area (Å²) in [5.41, 5.74) is 0.658. The van der Waals surface area contributed by atoms with E-state index in [4.69, 9.17) is 4.74 Å². The zero-order valence-corrected chi connectivity index (χ0v) is 16.9. The Morgan fingerprint density at radius 1 is 1.21 bits per heavy atom. The number of amides is 1. The molecule has 1 saturated heterocycles. The number of likely N-dealkylation sites (N-methyl/N-ethyl adjacent to an activating group) is 1. The average Bonchev–Trinajstić information content (AvgIpc) is 2.70. The van der Waals surface area contributed by atoms with Gasteiger partial charge in [-0.25, -0.2) is 9.38 Å². The Bertz CT molecular complexity index is 633. The fourth-order valence-electron chi connectivity index (χ4n) is 2.81. The van der Waals surface area contributed by atoms with E-state index in [1.807, 2.05) is 6.07 Å². The predicted molar refractivity (Wildman–Crippen MR) is 109 cm³/mol. The molecule has 1 aromatic carbocycles. The SMILES string of the molecule is CN(C)C(=O)CN=C(NCCCN1CCOCC1)NCCc1ccccc1F. The third-order valence-corrected chi connectivity index (χ3v) is 4.56. The van der Waals surface area contributed by atoms with Gasteiger partial charge in [-0.3, -0.25) is 9.69 Å². The maximum atomic E-state index is 13.7. The number of benzene rings is 1. The number of guanidine groups is 1. The average molecular weight is 394 g/mol. The first-order valence-corrected chi connectivity index (χ1v) is 9.82. The van der Waals surface area contributed by atoms with Gasteiger partial charge in [0.05, 0.1) is 13.2 Å². The summed E-state index contributed by atoms with van der Waals surface area (Å²) in [5, 5.41) is 6.47. The van der Waals surface area contributed by atoms with Gasteiger partial charge in [-0.15, -0.1) is 0 Å². The van der Waals surface area contributed by atoms with Crippen LogP contribution in [0.1, 0.15) is 12.0 Å². The van der Waals surface area contributed by atoms with Crippen LogP contribution in [0.5, 0.6) is 0 Å². The summed E-state index contributed by atoms with van der Waals surface area (Å²) >= 11 is 0. The molecule has 28 heavy (non-hydrogen) atoms. The zero-order valence-electron chi connectivity index (χ0n) is 16.9. The molecule has 0 aromatic heterocycles. The van der Waals surface area contributed by atoms with Gasteiger partial charge < -0.3 is 20.3 Å². The second-order valence-corrected chi connectivity index (χ2v) is 6.96. The van der Waals surface area contributed by atoms with Crippen LogP contribution in [0.25, 0.3) is 0 Å². The highest BCUT2D eigenvalue weighted by Gasteiger charge is 2.10. The van der Waals surface area contributed by atoms with E-state index in [0.29, 0.717) is 24.5 Å². The molecule has 1 heterocycles. The Hall–Kier alpha value is -2.19. The lowest BCUT2D eigenvalue weighted by Crippen LogP contribution is -2.42. The molecule has 2 N–H and O–H groups in total. The molecule has 0 aliphatic carbocycles. The molecule has 0 saturated carbocycles. The van der Waals surface area contributed by atoms with Crippen LogP contribution < -0.4 is 10.6 Å². The van der Waals surface area contributed by atoms with Crippen LogP contribution in [0.2, 0.25) is 0 Å². The molecule has 156 valence electrons. The lowest BCUT2D eigenvalue weighted by molar-refractivity contribution is -0.127. The largest absolute Gasteiger partial charge is 0.379 e. The number of morpholine rings is 1. The minimum absolute atomic E-state index is 0.0662. The minimum Gasteiger partial charge on any atom is -0.379 e. The van der Waals surface area contributed by atoms with Crippen LogP contribution in [0, 0.1) is 5.82 Å². The molecular formula is C20H32FN5O2. The van der Waals surface area contributed by atoms with Crippen molar-refractivity contribution in [2.24, 2.45) is 4.99 Å². The maximum Gasteiger partial charge on any atom is 0.243 e. The molecule has 1 fully saturated rings.